The van der Waals surface area contributed by atoms with E-state index in [0.29, 0.717) is 21.6 Å². The van der Waals surface area contributed by atoms with Crippen molar-refractivity contribution in [2.45, 2.75) is 13.0 Å². The number of carbonyl (C=O) groups is 1. The van der Waals surface area contributed by atoms with Crippen LogP contribution in [0, 0.1) is 0 Å². The van der Waals surface area contributed by atoms with E-state index in [1.807, 2.05) is 29.6 Å². The van der Waals surface area contributed by atoms with E-state index in [4.69, 9.17) is 16.3 Å². The van der Waals surface area contributed by atoms with E-state index in [-0.39, 0.29) is 5.91 Å². The minimum absolute atomic E-state index is 0.297. The maximum atomic E-state index is 12.8. The summed E-state index contributed by atoms with van der Waals surface area (Å²) in [7, 11) is 1.62. The summed E-state index contributed by atoms with van der Waals surface area (Å²) in [6.07, 6.45) is 0. The number of hydrazone groups is 1. The first kappa shape index (κ1) is 19.2. The maximum Gasteiger partial charge on any atom is 0.282 e. The number of halogens is 1. The zero-order chi connectivity index (χ0) is 20.4. The van der Waals surface area contributed by atoms with Crippen molar-refractivity contribution in [3.8, 4) is 17.0 Å². The quantitative estimate of drug-likeness (QED) is 0.517. The molecule has 0 spiro atoms. The van der Waals surface area contributed by atoms with E-state index < -0.39 is 6.04 Å². The molecular weight excluding hydrogens is 410 g/mol. The van der Waals surface area contributed by atoms with Gasteiger partial charge in [-0.15, -0.1) is 11.3 Å². The highest BCUT2D eigenvalue weighted by atomic mass is 35.5. The summed E-state index contributed by atoms with van der Waals surface area (Å²) in [4.78, 5) is 17.4. The van der Waals surface area contributed by atoms with Gasteiger partial charge < -0.3 is 4.74 Å². The van der Waals surface area contributed by atoms with Crippen LogP contribution in [0.15, 0.2) is 69.2 Å². The molecule has 1 aliphatic heterocycles. The van der Waals surface area contributed by atoms with Crippen molar-refractivity contribution in [3.05, 3.63) is 58.9 Å². The van der Waals surface area contributed by atoms with Crippen molar-refractivity contribution in [1.82, 2.24) is 4.98 Å². The number of aromatic nitrogens is 1. The maximum absolute atomic E-state index is 12.8. The van der Waals surface area contributed by atoms with Crippen molar-refractivity contribution in [2.24, 2.45) is 15.3 Å². The second-order valence-corrected chi connectivity index (χ2v) is 7.45. The Morgan fingerprint density at radius 3 is 2.66 bits per heavy atom. The minimum atomic E-state index is -0.792. The third kappa shape index (κ3) is 3.90. The number of ether oxygens (including phenoxy) is 1. The Labute approximate surface area is 176 Å². The molecule has 0 N–H and O–H groups in total. The fourth-order valence-corrected chi connectivity index (χ4v) is 3.70. The van der Waals surface area contributed by atoms with E-state index in [1.165, 1.54) is 16.3 Å². The van der Waals surface area contributed by atoms with Gasteiger partial charge in [-0.1, -0.05) is 23.7 Å². The molecule has 0 saturated carbocycles. The lowest BCUT2D eigenvalue weighted by molar-refractivity contribution is -0.117. The molecule has 3 aromatic rings. The average Bonchev–Trinajstić information content (AvgIpc) is 3.33. The molecular formula is C20H16ClN5O2S. The Morgan fingerprint density at radius 1 is 1.17 bits per heavy atom. The molecule has 0 fully saturated rings. The minimum Gasteiger partial charge on any atom is -0.497 e. The predicted octanol–water partition coefficient (Wildman–Crippen LogP) is 5.35. The zero-order valence-electron chi connectivity index (χ0n) is 15.6. The van der Waals surface area contributed by atoms with Gasteiger partial charge in [-0.05, 0) is 43.3 Å². The first-order valence-electron chi connectivity index (χ1n) is 8.71. The molecule has 1 aromatic heterocycles. The van der Waals surface area contributed by atoms with Gasteiger partial charge in [0.1, 0.15) is 11.4 Å². The summed E-state index contributed by atoms with van der Waals surface area (Å²) in [6.45, 7) is 1.74. The SMILES string of the molecule is COc1ccc(-c2csc(N3N=C(C)[C@@H](N=Nc4ccccc4Cl)C3=O)n2)cc1. The Hall–Kier alpha value is -3.10. The Morgan fingerprint density at radius 2 is 1.93 bits per heavy atom. The van der Waals surface area contributed by atoms with Crippen LogP contribution in [-0.2, 0) is 4.79 Å². The third-order valence-corrected chi connectivity index (χ3v) is 5.42. The van der Waals surface area contributed by atoms with Gasteiger partial charge >= 0.3 is 0 Å². The highest BCUT2D eigenvalue weighted by molar-refractivity contribution is 7.14. The molecule has 1 amide bonds. The number of benzene rings is 2. The molecule has 0 unspecified atom stereocenters. The standard InChI is InChI=1S/C20H16ClN5O2S/c1-12-18(24-23-16-6-4-3-5-15(16)21)19(27)26(25-12)20-22-17(11-29-20)13-7-9-14(28-2)10-8-13/h3-11,18H,1-2H3/t18-/m1/s1. The lowest BCUT2D eigenvalue weighted by atomic mass is 10.2. The van der Waals surface area contributed by atoms with Gasteiger partial charge in [0.2, 0.25) is 5.13 Å². The van der Waals surface area contributed by atoms with E-state index in [0.717, 1.165) is 17.0 Å². The highest BCUT2D eigenvalue weighted by Gasteiger charge is 2.36. The van der Waals surface area contributed by atoms with Crippen LogP contribution in [0.3, 0.4) is 0 Å². The number of thiazole rings is 1. The van der Waals surface area contributed by atoms with E-state index >= 15 is 0 Å². The van der Waals surface area contributed by atoms with E-state index in [9.17, 15) is 4.79 Å². The highest BCUT2D eigenvalue weighted by Crippen LogP contribution is 2.32. The Kier molecular flexibility index (Phi) is 5.37. The first-order valence-corrected chi connectivity index (χ1v) is 9.97. The summed E-state index contributed by atoms with van der Waals surface area (Å²) < 4.78 is 5.18. The summed E-state index contributed by atoms with van der Waals surface area (Å²) >= 11 is 7.43. The monoisotopic (exact) mass is 425 g/mol. The summed E-state index contributed by atoms with van der Waals surface area (Å²) in [5.74, 6) is 0.472. The third-order valence-electron chi connectivity index (χ3n) is 4.29. The molecule has 146 valence electrons. The lowest BCUT2D eigenvalue weighted by Crippen LogP contribution is -2.29. The number of hydrogen-bond acceptors (Lipinski definition) is 7. The Balaban J connectivity index is 1.54. The van der Waals surface area contributed by atoms with Gasteiger partial charge in [-0.2, -0.15) is 20.3 Å². The smallest absolute Gasteiger partial charge is 0.282 e. The molecule has 2 aromatic carbocycles. The normalized spacial score (nSPS) is 16.5. The average molecular weight is 426 g/mol. The second kappa shape index (κ2) is 8.10. The number of methoxy groups -OCH3 is 1. The summed E-state index contributed by atoms with van der Waals surface area (Å²) in [5, 5.41) is 16.7. The first-order chi connectivity index (χ1) is 14.1. The van der Waals surface area contributed by atoms with Crippen LogP contribution in [0.5, 0.6) is 5.75 Å². The molecule has 1 aliphatic rings. The summed E-state index contributed by atoms with van der Waals surface area (Å²) in [5.41, 5.74) is 2.74. The largest absolute Gasteiger partial charge is 0.497 e. The number of azo groups is 1. The van der Waals surface area contributed by atoms with Crippen molar-refractivity contribution in [2.75, 3.05) is 12.1 Å². The molecule has 4 rings (SSSR count). The molecule has 7 nitrogen and oxygen atoms in total. The van der Waals surface area contributed by atoms with Crippen molar-refractivity contribution in [3.63, 3.8) is 0 Å². The van der Waals surface area contributed by atoms with Crippen LogP contribution in [0.4, 0.5) is 10.8 Å². The predicted molar refractivity (Wildman–Crippen MR) is 114 cm³/mol. The van der Waals surface area contributed by atoms with Crippen molar-refractivity contribution >= 4 is 45.4 Å². The summed E-state index contributed by atoms with van der Waals surface area (Å²) in [6, 6.07) is 13.8. The molecule has 0 saturated heterocycles. The van der Waals surface area contributed by atoms with Crippen molar-refractivity contribution in [1.29, 1.82) is 0 Å². The number of anilines is 1. The van der Waals surface area contributed by atoms with Gasteiger partial charge in [0.15, 0.2) is 6.04 Å². The van der Waals surface area contributed by atoms with E-state index in [1.54, 1.807) is 38.3 Å². The van der Waals surface area contributed by atoms with Crippen molar-refractivity contribution < 1.29 is 9.53 Å². The molecule has 29 heavy (non-hydrogen) atoms. The van der Waals surface area contributed by atoms with Crippen LogP contribution in [0.2, 0.25) is 5.02 Å². The molecule has 1 atom stereocenters. The molecule has 0 radical (unpaired) electrons. The fraction of sp³-hybridized carbons (Fsp3) is 0.150. The van der Waals surface area contributed by atoms with Gasteiger partial charge in [-0.3, -0.25) is 4.79 Å². The number of rotatable bonds is 5. The molecule has 9 heteroatoms. The number of carbonyl (C=O) groups excluding carboxylic acids is 1. The van der Waals surface area contributed by atoms with Gasteiger partial charge in [0.25, 0.3) is 5.91 Å². The lowest BCUT2D eigenvalue weighted by Gasteiger charge is -2.08. The van der Waals surface area contributed by atoms with E-state index in [2.05, 4.69) is 20.3 Å². The number of hydrogen-bond donors (Lipinski definition) is 0. The topological polar surface area (TPSA) is 79.5 Å². The fourth-order valence-electron chi connectivity index (χ4n) is 2.73. The molecule has 0 bridgehead atoms. The van der Waals surface area contributed by atoms with Crippen LogP contribution >= 0.6 is 22.9 Å². The van der Waals surface area contributed by atoms with Crippen LogP contribution in [-0.4, -0.2) is 29.8 Å². The van der Waals surface area contributed by atoms with Crippen LogP contribution in [0.1, 0.15) is 6.92 Å². The number of amides is 1. The zero-order valence-corrected chi connectivity index (χ0v) is 17.2. The van der Waals surface area contributed by atoms with Gasteiger partial charge in [-0.25, -0.2) is 4.98 Å². The second-order valence-electron chi connectivity index (χ2n) is 6.20. The Bertz CT molecular complexity index is 1110. The van der Waals surface area contributed by atoms with Gasteiger partial charge in [0, 0.05) is 10.9 Å². The van der Waals surface area contributed by atoms with Crippen LogP contribution < -0.4 is 9.75 Å². The van der Waals surface area contributed by atoms with Crippen LogP contribution in [0.25, 0.3) is 11.3 Å². The number of nitrogens with zero attached hydrogens (tertiary/aromatic N) is 5. The molecule has 2 heterocycles. The molecule has 0 aliphatic carbocycles. The van der Waals surface area contributed by atoms with Gasteiger partial charge in [0.05, 0.1) is 23.5 Å².